The Morgan fingerprint density at radius 3 is 2.62 bits per heavy atom. The zero-order valence-corrected chi connectivity index (χ0v) is 9.48. The largest absolute Gasteiger partial charge is 0.490 e. The molecule has 0 aliphatic carbocycles. The molecule has 1 heterocycles. The van der Waals surface area contributed by atoms with Gasteiger partial charge in [-0.1, -0.05) is 30.3 Å². The summed E-state index contributed by atoms with van der Waals surface area (Å²) >= 11 is 0. The van der Waals surface area contributed by atoms with Crippen LogP contribution in [0.3, 0.4) is 0 Å². The topological polar surface area (TPSA) is 22.4 Å². The monoisotopic (exact) mass is 216 g/mol. The van der Waals surface area contributed by atoms with Gasteiger partial charge in [-0.3, -0.25) is 0 Å². The number of aryl methyl sites for hydroxylation is 2. The fourth-order valence-electron chi connectivity index (χ4n) is 1.70. The maximum atomic E-state index is 5.47. The van der Waals surface area contributed by atoms with Gasteiger partial charge in [0.2, 0.25) is 0 Å². The minimum Gasteiger partial charge on any atom is -0.490 e. The van der Waals surface area contributed by atoms with E-state index in [0.717, 1.165) is 24.4 Å². The summed E-state index contributed by atoms with van der Waals surface area (Å²) in [4.78, 5) is 0. The molecule has 2 heteroatoms. The van der Waals surface area contributed by atoms with Crippen LogP contribution in [0.25, 0.3) is 0 Å². The first kappa shape index (κ1) is 10.8. The standard InChI is InChI=1S/C14H16O2/c1-2-15-14-10-11-16-13(14)9-8-12-6-4-3-5-7-12/h3-7,10-11H,2,8-9H2,1H3. The lowest BCUT2D eigenvalue weighted by molar-refractivity contribution is 0.327. The summed E-state index contributed by atoms with van der Waals surface area (Å²) in [6.45, 7) is 2.66. The molecule has 0 aliphatic rings. The van der Waals surface area contributed by atoms with Crippen LogP contribution in [0, 0.1) is 0 Å². The van der Waals surface area contributed by atoms with Crippen LogP contribution < -0.4 is 4.74 Å². The van der Waals surface area contributed by atoms with E-state index in [1.807, 2.05) is 19.1 Å². The van der Waals surface area contributed by atoms with Crippen LogP contribution in [0.5, 0.6) is 5.75 Å². The Morgan fingerprint density at radius 1 is 1.06 bits per heavy atom. The first-order valence-corrected chi connectivity index (χ1v) is 5.63. The Bertz CT molecular complexity index is 417. The Labute approximate surface area is 95.9 Å². The fourth-order valence-corrected chi connectivity index (χ4v) is 1.70. The maximum absolute atomic E-state index is 5.47. The van der Waals surface area contributed by atoms with Crippen LogP contribution in [0.4, 0.5) is 0 Å². The summed E-state index contributed by atoms with van der Waals surface area (Å²) in [5, 5.41) is 0. The van der Waals surface area contributed by atoms with E-state index in [2.05, 4.69) is 24.3 Å². The van der Waals surface area contributed by atoms with Crippen molar-refractivity contribution in [2.45, 2.75) is 19.8 Å². The summed E-state index contributed by atoms with van der Waals surface area (Å²) in [6, 6.07) is 12.3. The van der Waals surface area contributed by atoms with E-state index >= 15 is 0 Å². The molecule has 0 N–H and O–H groups in total. The van der Waals surface area contributed by atoms with E-state index in [9.17, 15) is 0 Å². The maximum Gasteiger partial charge on any atom is 0.160 e. The van der Waals surface area contributed by atoms with Crippen LogP contribution in [0.15, 0.2) is 47.1 Å². The minimum absolute atomic E-state index is 0.678. The van der Waals surface area contributed by atoms with Gasteiger partial charge in [-0.25, -0.2) is 0 Å². The molecule has 0 spiro atoms. The minimum atomic E-state index is 0.678. The lowest BCUT2D eigenvalue weighted by Gasteiger charge is -2.03. The summed E-state index contributed by atoms with van der Waals surface area (Å²) in [5.74, 6) is 1.81. The average molecular weight is 216 g/mol. The Hall–Kier alpha value is -1.70. The molecule has 0 unspecified atom stereocenters. The van der Waals surface area contributed by atoms with E-state index < -0.39 is 0 Å². The molecule has 1 aromatic carbocycles. The van der Waals surface area contributed by atoms with Crippen molar-refractivity contribution in [2.75, 3.05) is 6.61 Å². The van der Waals surface area contributed by atoms with Gasteiger partial charge >= 0.3 is 0 Å². The molecule has 2 nitrogen and oxygen atoms in total. The van der Waals surface area contributed by atoms with E-state index in [1.165, 1.54) is 5.56 Å². The molecule has 84 valence electrons. The molecule has 0 saturated carbocycles. The van der Waals surface area contributed by atoms with Crippen molar-refractivity contribution in [3.8, 4) is 5.75 Å². The molecule has 0 saturated heterocycles. The molecule has 0 fully saturated rings. The fraction of sp³-hybridized carbons (Fsp3) is 0.286. The van der Waals surface area contributed by atoms with E-state index in [1.54, 1.807) is 6.26 Å². The highest BCUT2D eigenvalue weighted by Gasteiger charge is 2.06. The van der Waals surface area contributed by atoms with Crippen molar-refractivity contribution in [1.82, 2.24) is 0 Å². The highest BCUT2D eigenvalue weighted by molar-refractivity contribution is 5.26. The lowest BCUT2D eigenvalue weighted by atomic mass is 10.1. The number of ether oxygens (including phenoxy) is 1. The van der Waals surface area contributed by atoms with Gasteiger partial charge in [0.05, 0.1) is 12.9 Å². The molecule has 16 heavy (non-hydrogen) atoms. The zero-order valence-electron chi connectivity index (χ0n) is 9.48. The third kappa shape index (κ3) is 2.66. The van der Waals surface area contributed by atoms with Crippen molar-refractivity contribution in [1.29, 1.82) is 0 Å². The number of benzene rings is 1. The first-order valence-electron chi connectivity index (χ1n) is 5.63. The van der Waals surface area contributed by atoms with Gasteiger partial charge in [0.1, 0.15) is 5.76 Å². The number of hydrogen-bond acceptors (Lipinski definition) is 2. The molecular formula is C14H16O2. The molecule has 1 aromatic heterocycles. The lowest BCUT2D eigenvalue weighted by Crippen LogP contribution is -1.95. The van der Waals surface area contributed by atoms with Crippen molar-refractivity contribution in [2.24, 2.45) is 0 Å². The highest BCUT2D eigenvalue weighted by atomic mass is 16.5. The molecule has 0 bridgehead atoms. The van der Waals surface area contributed by atoms with Gasteiger partial charge in [0.25, 0.3) is 0 Å². The SMILES string of the molecule is CCOc1ccoc1CCc1ccccc1. The molecule has 0 aliphatic heterocycles. The van der Waals surface area contributed by atoms with Crippen LogP contribution in [-0.4, -0.2) is 6.61 Å². The van der Waals surface area contributed by atoms with Crippen molar-refractivity contribution >= 4 is 0 Å². The van der Waals surface area contributed by atoms with E-state index in [4.69, 9.17) is 9.15 Å². The summed E-state index contributed by atoms with van der Waals surface area (Å²) in [7, 11) is 0. The first-order chi connectivity index (χ1) is 7.90. The van der Waals surface area contributed by atoms with E-state index in [0.29, 0.717) is 6.61 Å². The quantitative estimate of drug-likeness (QED) is 0.763. The summed E-state index contributed by atoms with van der Waals surface area (Å²) in [6.07, 6.45) is 3.55. The van der Waals surface area contributed by atoms with Crippen LogP contribution in [0.1, 0.15) is 18.2 Å². The smallest absolute Gasteiger partial charge is 0.160 e. The van der Waals surface area contributed by atoms with E-state index in [-0.39, 0.29) is 0 Å². The van der Waals surface area contributed by atoms with Crippen molar-refractivity contribution in [3.05, 3.63) is 54.0 Å². The number of hydrogen-bond donors (Lipinski definition) is 0. The Morgan fingerprint density at radius 2 is 1.88 bits per heavy atom. The highest BCUT2D eigenvalue weighted by Crippen LogP contribution is 2.21. The Kier molecular flexibility index (Phi) is 3.65. The summed E-state index contributed by atoms with van der Waals surface area (Å²) in [5.41, 5.74) is 1.32. The van der Waals surface area contributed by atoms with Gasteiger partial charge in [-0.2, -0.15) is 0 Å². The molecule has 0 amide bonds. The molecule has 0 radical (unpaired) electrons. The van der Waals surface area contributed by atoms with Gasteiger partial charge in [0.15, 0.2) is 5.75 Å². The Balaban J connectivity index is 1.97. The van der Waals surface area contributed by atoms with Crippen molar-refractivity contribution < 1.29 is 9.15 Å². The average Bonchev–Trinajstić information content (AvgIpc) is 2.76. The van der Waals surface area contributed by atoms with Gasteiger partial charge in [0, 0.05) is 12.5 Å². The second-order valence-corrected chi connectivity index (χ2v) is 3.63. The predicted molar refractivity (Wildman–Crippen MR) is 63.7 cm³/mol. The number of furan rings is 1. The third-order valence-corrected chi connectivity index (χ3v) is 2.49. The second kappa shape index (κ2) is 5.40. The summed E-state index contributed by atoms with van der Waals surface area (Å²) < 4.78 is 10.9. The molecule has 0 atom stereocenters. The number of rotatable bonds is 5. The van der Waals surface area contributed by atoms with Gasteiger partial charge in [-0.05, 0) is 18.9 Å². The van der Waals surface area contributed by atoms with Crippen LogP contribution in [-0.2, 0) is 12.8 Å². The molecule has 2 aromatic rings. The van der Waals surface area contributed by atoms with Crippen LogP contribution in [0.2, 0.25) is 0 Å². The predicted octanol–water partition coefficient (Wildman–Crippen LogP) is 3.46. The zero-order chi connectivity index (χ0) is 11.2. The molecule has 2 rings (SSSR count). The van der Waals surface area contributed by atoms with Gasteiger partial charge in [-0.15, -0.1) is 0 Å². The normalized spacial score (nSPS) is 10.3. The molecular weight excluding hydrogens is 200 g/mol. The van der Waals surface area contributed by atoms with Gasteiger partial charge < -0.3 is 9.15 Å². The van der Waals surface area contributed by atoms with Crippen LogP contribution >= 0.6 is 0 Å². The second-order valence-electron chi connectivity index (χ2n) is 3.63. The third-order valence-electron chi connectivity index (χ3n) is 2.49. The van der Waals surface area contributed by atoms with Crippen molar-refractivity contribution in [3.63, 3.8) is 0 Å².